The standard InChI is InChI=1S/C17H21N3O2S/c1-22-13-5-4-12(15(21)11-13)3-2-8-20-9-6-14-16(7-10-20)23-17(18)19-14/h2-5,11,21H,6-10H2,1H3,(H2,18,19). The van der Waals surface area contributed by atoms with Crippen LogP contribution < -0.4 is 10.5 Å². The lowest BCUT2D eigenvalue weighted by Crippen LogP contribution is -2.26. The number of ether oxygens (including phenoxy) is 1. The Labute approximate surface area is 140 Å². The number of nitrogens with two attached hydrogens (primary N) is 1. The predicted molar refractivity (Wildman–Crippen MR) is 94.1 cm³/mol. The molecule has 0 saturated heterocycles. The van der Waals surface area contributed by atoms with Crippen LogP contribution in [0.25, 0.3) is 6.08 Å². The molecular formula is C17H21N3O2S. The number of nitrogens with zero attached hydrogens (tertiary/aromatic N) is 2. The maximum atomic E-state index is 9.96. The van der Waals surface area contributed by atoms with Gasteiger partial charge in [-0.05, 0) is 18.6 Å². The number of hydrogen-bond acceptors (Lipinski definition) is 6. The van der Waals surface area contributed by atoms with E-state index >= 15 is 0 Å². The summed E-state index contributed by atoms with van der Waals surface area (Å²) >= 11 is 1.61. The second kappa shape index (κ2) is 7.02. The second-order valence-electron chi connectivity index (χ2n) is 5.55. The highest BCUT2D eigenvalue weighted by Gasteiger charge is 2.16. The van der Waals surface area contributed by atoms with Gasteiger partial charge in [-0.1, -0.05) is 12.2 Å². The normalized spacial score (nSPS) is 15.5. The van der Waals surface area contributed by atoms with Crippen molar-refractivity contribution >= 4 is 22.5 Å². The molecule has 6 heteroatoms. The Balaban J connectivity index is 1.57. The third-order valence-electron chi connectivity index (χ3n) is 4.01. The first-order chi connectivity index (χ1) is 11.2. The van der Waals surface area contributed by atoms with Crippen molar-refractivity contribution in [2.45, 2.75) is 12.8 Å². The van der Waals surface area contributed by atoms with Gasteiger partial charge < -0.3 is 15.6 Å². The van der Waals surface area contributed by atoms with E-state index in [0.29, 0.717) is 10.9 Å². The summed E-state index contributed by atoms with van der Waals surface area (Å²) in [4.78, 5) is 8.12. The molecule has 0 amide bonds. The fourth-order valence-corrected chi connectivity index (χ4v) is 3.60. The monoisotopic (exact) mass is 331 g/mol. The van der Waals surface area contributed by atoms with E-state index in [1.165, 1.54) is 4.88 Å². The Morgan fingerprint density at radius 2 is 2.22 bits per heavy atom. The maximum Gasteiger partial charge on any atom is 0.180 e. The summed E-state index contributed by atoms with van der Waals surface area (Å²) in [6.45, 7) is 2.85. The molecule has 0 aliphatic carbocycles. The molecule has 122 valence electrons. The number of thiazole rings is 1. The van der Waals surface area contributed by atoms with Crippen LogP contribution in [0.1, 0.15) is 16.1 Å². The van der Waals surface area contributed by atoms with Crippen LogP contribution >= 0.6 is 11.3 Å². The highest BCUT2D eigenvalue weighted by Crippen LogP contribution is 2.25. The summed E-state index contributed by atoms with van der Waals surface area (Å²) in [5.74, 6) is 0.892. The molecule has 5 nitrogen and oxygen atoms in total. The van der Waals surface area contributed by atoms with Crippen molar-refractivity contribution in [3.8, 4) is 11.5 Å². The second-order valence-corrected chi connectivity index (χ2v) is 6.66. The van der Waals surface area contributed by atoms with Crippen molar-refractivity contribution in [1.82, 2.24) is 9.88 Å². The smallest absolute Gasteiger partial charge is 0.180 e. The van der Waals surface area contributed by atoms with Crippen LogP contribution in [0.5, 0.6) is 11.5 Å². The Hall–Kier alpha value is -2.05. The molecule has 0 spiro atoms. The number of aromatic hydroxyl groups is 1. The largest absolute Gasteiger partial charge is 0.507 e. The van der Waals surface area contributed by atoms with E-state index in [4.69, 9.17) is 10.5 Å². The molecule has 0 radical (unpaired) electrons. The first kappa shape index (κ1) is 15.8. The highest BCUT2D eigenvalue weighted by atomic mass is 32.1. The molecule has 0 fully saturated rings. The van der Waals surface area contributed by atoms with E-state index in [0.717, 1.165) is 43.7 Å². The van der Waals surface area contributed by atoms with Crippen LogP contribution in [0.3, 0.4) is 0 Å². The minimum atomic E-state index is 0.235. The van der Waals surface area contributed by atoms with Gasteiger partial charge in [-0.25, -0.2) is 4.98 Å². The van der Waals surface area contributed by atoms with Gasteiger partial charge in [-0.2, -0.15) is 0 Å². The molecule has 3 rings (SSSR count). The molecule has 0 unspecified atom stereocenters. The summed E-state index contributed by atoms with van der Waals surface area (Å²) in [5.41, 5.74) is 7.73. The SMILES string of the molecule is COc1ccc(C=CCN2CCc3nc(N)sc3CC2)c(O)c1. The molecule has 0 bridgehead atoms. The fraction of sp³-hybridized carbons (Fsp3) is 0.353. The average Bonchev–Trinajstić information content (AvgIpc) is 2.80. The molecule has 0 atom stereocenters. The maximum absolute atomic E-state index is 9.96. The van der Waals surface area contributed by atoms with E-state index < -0.39 is 0 Å². The number of nitrogen functional groups attached to an aromatic ring is 1. The summed E-state index contributed by atoms with van der Waals surface area (Å²) in [5, 5.41) is 10.6. The molecule has 1 aliphatic rings. The number of aromatic nitrogens is 1. The lowest BCUT2D eigenvalue weighted by atomic mass is 10.1. The molecule has 0 saturated carbocycles. The van der Waals surface area contributed by atoms with Crippen molar-refractivity contribution in [2.24, 2.45) is 0 Å². The van der Waals surface area contributed by atoms with Crippen molar-refractivity contribution in [2.75, 3.05) is 32.5 Å². The van der Waals surface area contributed by atoms with Gasteiger partial charge >= 0.3 is 0 Å². The first-order valence-corrected chi connectivity index (χ1v) is 8.47. The fourth-order valence-electron chi connectivity index (χ4n) is 2.73. The molecule has 1 aromatic carbocycles. The summed E-state index contributed by atoms with van der Waals surface area (Å²) in [6, 6.07) is 5.33. The number of phenols is 1. The van der Waals surface area contributed by atoms with Gasteiger partial charge in [0.1, 0.15) is 11.5 Å². The zero-order valence-corrected chi connectivity index (χ0v) is 14.0. The van der Waals surface area contributed by atoms with Gasteiger partial charge in [0.2, 0.25) is 0 Å². The molecule has 1 aliphatic heterocycles. The van der Waals surface area contributed by atoms with Crippen molar-refractivity contribution in [3.63, 3.8) is 0 Å². The number of fused-ring (bicyclic) bond motifs is 1. The summed E-state index contributed by atoms with van der Waals surface area (Å²) in [6.07, 6.45) is 5.99. The van der Waals surface area contributed by atoms with Crippen molar-refractivity contribution < 1.29 is 9.84 Å². The Morgan fingerprint density at radius 1 is 1.39 bits per heavy atom. The van der Waals surface area contributed by atoms with Crippen molar-refractivity contribution in [3.05, 3.63) is 40.4 Å². The van der Waals surface area contributed by atoms with Crippen LogP contribution in [0.4, 0.5) is 5.13 Å². The Bertz CT molecular complexity index is 686. The van der Waals surface area contributed by atoms with Crippen LogP contribution in [0, 0.1) is 0 Å². The van der Waals surface area contributed by atoms with E-state index in [-0.39, 0.29) is 5.75 Å². The number of phenolic OH excluding ortho intramolecular Hbond substituents is 1. The molecule has 2 heterocycles. The van der Waals surface area contributed by atoms with Crippen LogP contribution in [0.15, 0.2) is 24.3 Å². The number of methoxy groups -OCH3 is 1. The van der Waals surface area contributed by atoms with Crippen LogP contribution in [-0.4, -0.2) is 41.7 Å². The van der Waals surface area contributed by atoms with E-state index in [1.807, 2.05) is 18.2 Å². The molecular weight excluding hydrogens is 310 g/mol. The highest BCUT2D eigenvalue weighted by molar-refractivity contribution is 7.15. The first-order valence-electron chi connectivity index (χ1n) is 7.65. The topological polar surface area (TPSA) is 71.6 Å². The van der Waals surface area contributed by atoms with Gasteiger partial charge in [0, 0.05) is 42.6 Å². The quantitative estimate of drug-likeness (QED) is 0.901. The van der Waals surface area contributed by atoms with Crippen LogP contribution in [-0.2, 0) is 12.8 Å². The summed E-state index contributed by atoms with van der Waals surface area (Å²) in [7, 11) is 1.59. The van der Waals surface area contributed by atoms with Gasteiger partial charge in [-0.3, -0.25) is 4.90 Å². The molecule has 3 N–H and O–H groups in total. The van der Waals surface area contributed by atoms with E-state index in [1.54, 1.807) is 24.5 Å². The zero-order chi connectivity index (χ0) is 16.2. The predicted octanol–water partition coefficient (Wildman–Crippen LogP) is 2.55. The van der Waals surface area contributed by atoms with Gasteiger partial charge in [0.05, 0.1) is 12.8 Å². The van der Waals surface area contributed by atoms with Crippen molar-refractivity contribution in [1.29, 1.82) is 0 Å². The Kier molecular flexibility index (Phi) is 4.83. The number of benzene rings is 1. The lowest BCUT2D eigenvalue weighted by molar-refractivity contribution is 0.318. The van der Waals surface area contributed by atoms with E-state index in [9.17, 15) is 5.11 Å². The lowest BCUT2D eigenvalue weighted by Gasteiger charge is -2.17. The average molecular weight is 331 g/mol. The third-order valence-corrected chi connectivity index (χ3v) is 5.00. The number of hydrogen-bond donors (Lipinski definition) is 2. The molecule has 2 aromatic rings. The van der Waals surface area contributed by atoms with Gasteiger partial charge in [-0.15, -0.1) is 11.3 Å². The minimum Gasteiger partial charge on any atom is -0.507 e. The third kappa shape index (κ3) is 3.83. The number of anilines is 1. The summed E-state index contributed by atoms with van der Waals surface area (Å²) < 4.78 is 5.09. The van der Waals surface area contributed by atoms with Gasteiger partial charge in [0.25, 0.3) is 0 Å². The van der Waals surface area contributed by atoms with Crippen LogP contribution in [0.2, 0.25) is 0 Å². The number of rotatable bonds is 4. The Morgan fingerprint density at radius 3 is 3.00 bits per heavy atom. The molecule has 1 aromatic heterocycles. The van der Waals surface area contributed by atoms with Gasteiger partial charge in [0.15, 0.2) is 5.13 Å². The molecule has 23 heavy (non-hydrogen) atoms. The minimum absolute atomic E-state index is 0.235. The zero-order valence-electron chi connectivity index (χ0n) is 13.2. The van der Waals surface area contributed by atoms with E-state index in [2.05, 4.69) is 16.0 Å².